The van der Waals surface area contributed by atoms with Crippen molar-refractivity contribution in [1.29, 1.82) is 0 Å². The molecule has 4 aromatic rings. The largest absolute Gasteiger partial charge is 1.00 e. The van der Waals surface area contributed by atoms with Crippen LogP contribution in [-0.4, -0.2) is 0 Å². The minimum absolute atomic E-state index is 0. The molecule has 0 aromatic heterocycles. The predicted molar refractivity (Wildman–Crippen MR) is 230 cm³/mol. The molecule has 2 atom stereocenters. The predicted octanol–water partition coefficient (Wildman–Crippen LogP) is 9.62. The fourth-order valence-corrected chi connectivity index (χ4v) is 38.1. The summed E-state index contributed by atoms with van der Waals surface area (Å²) in [7, 11) is 0. The minimum Gasteiger partial charge on any atom is -1.00 e. The van der Waals surface area contributed by atoms with E-state index < -0.39 is 20.0 Å². The van der Waals surface area contributed by atoms with Crippen molar-refractivity contribution in [2.75, 3.05) is 0 Å². The van der Waals surface area contributed by atoms with E-state index in [1.54, 1.807) is 22.3 Å². The van der Waals surface area contributed by atoms with Gasteiger partial charge in [-0.25, -0.2) is 0 Å². The molecule has 0 radical (unpaired) electrons. The Bertz CT molecular complexity index is 1930. The monoisotopic (exact) mass is 940 g/mol. The molecule has 1 heterocycles. The molecule has 0 saturated carbocycles. The van der Waals surface area contributed by atoms with Crippen molar-refractivity contribution in [3.05, 3.63) is 128 Å². The van der Waals surface area contributed by atoms with Crippen molar-refractivity contribution in [1.82, 2.24) is 0 Å². The smallest absolute Gasteiger partial charge is 1.00 e. The number of hydrogen-bond acceptors (Lipinski definition) is 0. The van der Waals surface area contributed by atoms with Gasteiger partial charge in [0.1, 0.15) is 0 Å². The Morgan fingerprint density at radius 1 is 0.473 bits per heavy atom. The van der Waals surface area contributed by atoms with Crippen molar-refractivity contribution in [2.45, 2.75) is 147 Å². The van der Waals surface area contributed by atoms with E-state index in [0.717, 1.165) is 12.8 Å². The molecule has 2 unspecified atom stereocenters. The molecule has 0 amide bonds. The Hall–Kier alpha value is -2.19. The minimum atomic E-state index is -3.02. The van der Waals surface area contributed by atoms with Gasteiger partial charge in [-0.3, -0.25) is 0 Å². The molecule has 4 aromatic carbocycles. The summed E-state index contributed by atoms with van der Waals surface area (Å²) in [6, 6.07) is 29.6. The second-order valence-electron chi connectivity index (χ2n) is 21.0. The van der Waals surface area contributed by atoms with Gasteiger partial charge in [-0.05, 0) is 0 Å². The summed E-state index contributed by atoms with van der Waals surface area (Å²) in [5, 5.41) is 0. The molecular formula is C52H66Cl2Hf. The molecule has 1 fully saturated rings. The fourth-order valence-electron chi connectivity index (χ4n) is 9.59. The molecule has 1 aliphatic heterocycles. The van der Waals surface area contributed by atoms with E-state index in [4.69, 9.17) is 0 Å². The summed E-state index contributed by atoms with van der Waals surface area (Å²) < 4.78 is 4.35. The number of halogens is 2. The number of fused-ring (bicyclic) bond motifs is 2. The molecule has 0 spiro atoms. The van der Waals surface area contributed by atoms with Crippen molar-refractivity contribution >= 4 is 12.2 Å². The van der Waals surface area contributed by atoms with E-state index in [0.29, 0.717) is 7.35 Å². The van der Waals surface area contributed by atoms with Gasteiger partial charge in [0.2, 0.25) is 0 Å². The van der Waals surface area contributed by atoms with E-state index in [2.05, 4.69) is 182 Å². The van der Waals surface area contributed by atoms with Crippen LogP contribution in [0, 0.1) is 0 Å². The van der Waals surface area contributed by atoms with Gasteiger partial charge >= 0.3 is 330 Å². The van der Waals surface area contributed by atoms with Crippen LogP contribution in [-0.2, 0) is 41.6 Å². The molecular weight excluding hydrogens is 874 g/mol. The average molecular weight is 940 g/mol. The van der Waals surface area contributed by atoms with Crippen LogP contribution < -0.4 is 24.8 Å². The third kappa shape index (κ3) is 7.99. The summed E-state index contributed by atoms with van der Waals surface area (Å²) in [4.78, 5) is 0. The van der Waals surface area contributed by atoms with Gasteiger partial charge in [-0.15, -0.1) is 0 Å². The summed E-state index contributed by atoms with van der Waals surface area (Å²) in [6.45, 7) is 33.2. The van der Waals surface area contributed by atoms with E-state index in [1.807, 2.05) is 0 Å². The number of allylic oxidation sites excluding steroid dienone is 2. The third-order valence-electron chi connectivity index (χ3n) is 13.0. The first kappa shape index (κ1) is 43.9. The third-order valence-corrected chi connectivity index (χ3v) is 32.2. The second-order valence-corrected chi connectivity index (χ2v) is 37.6. The Balaban J connectivity index is 0.00000290. The maximum Gasteiger partial charge on any atom is -1.00 e. The van der Waals surface area contributed by atoms with Gasteiger partial charge in [0.25, 0.3) is 0 Å². The van der Waals surface area contributed by atoms with Crippen LogP contribution in [0.25, 0.3) is 34.4 Å². The maximum absolute atomic E-state index is 3.02. The van der Waals surface area contributed by atoms with Gasteiger partial charge in [0.15, 0.2) is 0 Å². The maximum atomic E-state index is 2.67. The molecule has 3 heteroatoms. The van der Waals surface area contributed by atoms with Crippen LogP contribution in [0.3, 0.4) is 0 Å². The van der Waals surface area contributed by atoms with Gasteiger partial charge < -0.3 is 24.8 Å². The molecule has 3 aliphatic rings. The Labute approximate surface area is 352 Å². The molecule has 0 nitrogen and oxygen atoms in total. The summed E-state index contributed by atoms with van der Waals surface area (Å²) in [5.74, 6) is 0. The standard InChI is InChI=1S/2C25H31.C2H4.2ClH.Hf/c2*1-8-17-12-18-10-9-11-22(23(18)13-17)19-14-20(24(2,3)4)16-21(15-19)25(5,6)7;1-2;;;/h2*9-16H,8H2,1-7H3;1-2H2;2*1H;/q;;;;;+2/p-2. The summed E-state index contributed by atoms with van der Waals surface area (Å²) >= 11 is -3.02. The summed E-state index contributed by atoms with van der Waals surface area (Å²) in [5.41, 5.74) is 21.6. The first-order chi connectivity index (χ1) is 24.7. The molecule has 0 bridgehead atoms. The van der Waals surface area contributed by atoms with Crippen molar-refractivity contribution < 1.29 is 44.8 Å². The molecule has 1 saturated heterocycles. The Morgan fingerprint density at radius 2 is 0.782 bits per heavy atom. The van der Waals surface area contributed by atoms with E-state index in [-0.39, 0.29) is 46.5 Å². The van der Waals surface area contributed by atoms with E-state index in [9.17, 15) is 0 Å². The second kappa shape index (κ2) is 15.2. The molecule has 2 aliphatic carbocycles. The molecule has 7 rings (SSSR count). The van der Waals surface area contributed by atoms with Crippen LogP contribution in [0.4, 0.5) is 0 Å². The molecule has 55 heavy (non-hydrogen) atoms. The zero-order valence-electron chi connectivity index (χ0n) is 36.3. The van der Waals surface area contributed by atoms with Crippen LogP contribution in [0.5, 0.6) is 0 Å². The van der Waals surface area contributed by atoms with Gasteiger partial charge in [0, 0.05) is 0 Å². The zero-order chi connectivity index (χ0) is 38.5. The molecule has 292 valence electrons. The number of benzene rings is 4. The topological polar surface area (TPSA) is 0 Å². The number of hydrogen-bond donors (Lipinski definition) is 0. The van der Waals surface area contributed by atoms with E-state index in [1.165, 1.54) is 64.0 Å². The average Bonchev–Trinajstić information content (AvgIpc) is 3.61. The van der Waals surface area contributed by atoms with Gasteiger partial charge in [-0.1, -0.05) is 0 Å². The van der Waals surface area contributed by atoms with Crippen LogP contribution >= 0.6 is 0 Å². The molecule has 0 N–H and O–H groups in total. The SMILES string of the molecule is CCC1=Cc2c(-c3cc(C(C)(C)C)cc(C(C)(C)C)c3)cccc2[CH]1[Hf+2]1([CH]2C(CC)=Cc3c(-c4cc(C(C)(C)C)cc(C(C)(C)C)c4)cccc32)[CH2][CH2]1.[Cl-].[Cl-]. The normalized spacial score (nSPS) is 18.2. The first-order valence-electron chi connectivity index (χ1n) is 20.7. The number of rotatable bonds is 6. The summed E-state index contributed by atoms with van der Waals surface area (Å²) in [6.07, 6.45) is 7.64. The van der Waals surface area contributed by atoms with Crippen LogP contribution in [0.15, 0.2) is 83.9 Å². The Morgan fingerprint density at radius 3 is 1.04 bits per heavy atom. The van der Waals surface area contributed by atoms with E-state index >= 15 is 0 Å². The first-order valence-corrected chi connectivity index (χ1v) is 29.9. The zero-order valence-corrected chi connectivity index (χ0v) is 41.4. The van der Waals surface area contributed by atoms with Gasteiger partial charge in [-0.2, -0.15) is 0 Å². The Kier molecular flexibility index (Phi) is 12.1. The van der Waals surface area contributed by atoms with Crippen LogP contribution in [0.2, 0.25) is 8.35 Å². The van der Waals surface area contributed by atoms with Gasteiger partial charge in [0.05, 0.1) is 0 Å². The van der Waals surface area contributed by atoms with Crippen LogP contribution in [0.1, 0.15) is 162 Å². The van der Waals surface area contributed by atoms with Crippen molar-refractivity contribution in [3.63, 3.8) is 0 Å². The van der Waals surface area contributed by atoms with Crippen molar-refractivity contribution in [2.24, 2.45) is 0 Å². The van der Waals surface area contributed by atoms with Crippen molar-refractivity contribution in [3.8, 4) is 22.3 Å². The fraction of sp³-hybridized carbons (Fsp3) is 0.462. The quantitative estimate of drug-likeness (QED) is 0.169.